The van der Waals surface area contributed by atoms with Gasteiger partial charge in [-0.05, 0) is 43.7 Å². The van der Waals surface area contributed by atoms with Crippen LogP contribution in [0, 0.1) is 6.92 Å². The van der Waals surface area contributed by atoms with Gasteiger partial charge in [0, 0.05) is 16.1 Å². The number of para-hydroxylation sites is 1. The molecule has 0 aliphatic carbocycles. The summed E-state index contributed by atoms with van der Waals surface area (Å²) >= 11 is 5.89. The van der Waals surface area contributed by atoms with Crippen molar-refractivity contribution in [2.24, 2.45) is 0 Å². The monoisotopic (exact) mass is 454 g/mol. The molecule has 0 saturated heterocycles. The lowest BCUT2D eigenvalue weighted by molar-refractivity contribution is -0.207. The molecule has 0 fully saturated rings. The van der Waals surface area contributed by atoms with Crippen molar-refractivity contribution in [2.75, 3.05) is 6.61 Å². The summed E-state index contributed by atoms with van der Waals surface area (Å²) in [4.78, 5) is 13.0. The molecule has 1 radical (unpaired) electrons. The lowest BCUT2D eigenvalue weighted by atomic mass is 10.1. The maximum Gasteiger partial charge on any atom is 0.416 e. The second-order valence-corrected chi connectivity index (χ2v) is 7.21. The maximum atomic E-state index is 13.0. The topological polar surface area (TPSA) is 69.3 Å². The molecule has 3 rings (SSSR count). The first-order valence-corrected chi connectivity index (χ1v) is 9.74. The van der Waals surface area contributed by atoms with Gasteiger partial charge >= 0.3 is 11.9 Å². The van der Waals surface area contributed by atoms with Gasteiger partial charge in [0.15, 0.2) is 11.9 Å². The van der Waals surface area contributed by atoms with Gasteiger partial charge in [-0.2, -0.15) is 13.2 Å². The molecular weight excluding hydrogens is 435 g/mol. The van der Waals surface area contributed by atoms with E-state index in [1.54, 1.807) is 25.1 Å². The zero-order chi connectivity index (χ0) is 22.8. The summed E-state index contributed by atoms with van der Waals surface area (Å²) in [5.41, 5.74) is 0.785. The number of aliphatic hydroxyl groups is 1. The molecule has 0 spiro atoms. The van der Waals surface area contributed by atoms with E-state index in [9.17, 15) is 23.1 Å². The Morgan fingerprint density at radius 1 is 1.23 bits per heavy atom. The molecule has 0 aliphatic heterocycles. The van der Waals surface area contributed by atoms with Crippen molar-refractivity contribution in [3.63, 3.8) is 0 Å². The molecular formula is C21H20ClF3N3O3. The molecule has 2 aromatic carbocycles. The van der Waals surface area contributed by atoms with Gasteiger partial charge in [0.2, 0.25) is 0 Å². The molecule has 165 valence electrons. The molecule has 1 heterocycles. The highest BCUT2D eigenvalue weighted by molar-refractivity contribution is 6.30. The first-order chi connectivity index (χ1) is 14.6. The first-order valence-electron chi connectivity index (χ1n) is 9.36. The van der Waals surface area contributed by atoms with Crippen molar-refractivity contribution >= 4 is 11.6 Å². The molecule has 3 aromatic rings. The maximum absolute atomic E-state index is 13.0. The fraction of sp³-hybridized carbons (Fsp3) is 0.286. The van der Waals surface area contributed by atoms with Crippen LogP contribution in [0.1, 0.15) is 18.1 Å². The van der Waals surface area contributed by atoms with Crippen molar-refractivity contribution in [1.82, 2.24) is 14.3 Å². The summed E-state index contributed by atoms with van der Waals surface area (Å²) in [5.74, 6) is 0.462. The predicted molar refractivity (Wildman–Crippen MR) is 110 cm³/mol. The van der Waals surface area contributed by atoms with Crippen LogP contribution in [0.3, 0.4) is 0 Å². The van der Waals surface area contributed by atoms with Gasteiger partial charge in [0.25, 0.3) is 0 Å². The summed E-state index contributed by atoms with van der Waals surface area (Å²) in [6.07, 6.45) is -7.61. The summed E-state index contributed by atoms with van der Waals surface area (Å²) in [7, 11) is 0. The quantitative estimate of drug-likeness (QED) is 0.587. The molecule has 1 atom stereocenters. The Morgan fingerprint density at radius 3 is 2.52 bits per heavy atom. The van der Waals surface area contributed by atoms with Crippen LogP contribution < -0.4 is 10.4 Å². The Kier molecular flexibility index (Phi) is 6.76. The summed E-state index contributed by atoms with van der Waals surface area (Å²) < 4.78 is 46.3. The zero-order valence-electron chi connectivity index (χ0n) is 16.6. The van der Waals surface area contributed by atoms with Gasteiger partial charge in [-0.3, -0.25) is 4.57 Å². The number of aliphatic hydroxyl groups excluding tert-OH is 1. The molecule has 0 saturated carbocycles. The van der Waals surface area contributed by atoms with Crippen molar-refractivity contribution in [3.8, 4) is 17.1 Å². The number of halogens is 4. The van der Waals surface area contributed by atoms with E-state index in [2.05, 4.69) is 12.0 Å². The number of nitrogens with zero attached hydrogens (tertiary/aromatic N) is 3. The van der Waals surface area contributed by atoms with Crippen LogP contribution in [0.15, 0.2) is 47.3 Å². The molecule has 1 N–H and O–H groups in total. The Labute approximate surface area is 181 Å². The van der Waals surface area contributed by atoms with Crippen LogP contribution in [0.4, 0.5) is 13.2 Å². The number of ether oxygens (including phenoxy) is 1. The third kappa shape index (κ3) is 5.11. The van der Waals surface area contributed by atoms with E-state index in [1.165, 1.54) is 24.3 Å². The Bertz CT molecular complexity index is 1110. The standard InChI is InChI=1S/C21H20ClF3N3O3/c1-3-31-18-13(2)5-4-6-15(18)11-28-20(30)27(12-17(29)21(23,24)25)19(26-28)14-7-9-16(22)10-8-14/h4-10,17,29H,2-3,11-12H2,1H3/t17-/m0/s1. The summed E-state index contributed by atoms with van der Waals surface area (Å²) in [5, 5.41) is 14.2. The van der Waals surface area contributed by atoms with Crippen molar-refractivity contribution in [2.45, 2.75) is 32.3 Å². The predicted octanol–water partition coefficient (Wildman–Crippen LogP) is 3.92. The SMILES string of the molecule is [CH2]c1cccc(Cn2nc(-c3ccc(Cl)cc3)n(C[C@H](O)C(F)(F)F)c2=O)c1OCC. The van der Waals surface area contributed by atoms with Gasteiger partial charge in [-0.1, -0.05) is 29.8 Å². The van der Waals surface area contributed by atoms with Crippen molar-refractivity contribution < 1.29 is 23.0 Å². The van der Waals surface area contributed by atoms with E-state index in [0.717, 1.165) is 9.25 Å². The van der Waals surface area contributed by atoms with E-state index < -0.39 is 24.5 Å². The van der Waals surface area contributed by atoms with E-state index in [-0.39, 0.29) is 12.4 Å². The fourth-order valence-corrected chi connectivity index (χ4v) is 3.18. The van der Waals surface area contributed by atoms with Gasteiger partial charge in [0.05, 0.1) is 19.7 Å². The lowest BCUT2D eigenvalue weighted by Gasteiger charge is -2.15. The third-order valence-electron chi connectivity index (χ3n) is 4.55. The smallest absolute Gasteiger partial charge is 0.416 e. The summed E-state index contributed by atoms with van der Waals surface area (Å²) in [6, 6.07) is 11.3. The number of hydrogen-bond acceptors (Lipinski definition) is 4. The van der Waals surface area contributed by atoms with E-state index in [1.807, 2.05) is 0 Å². The first kappa shape index (κ1) is 22.9. The average Bonchev–Trinajstić information content (AvgIpc) is 3.00. The summed E-state index contributed by atoms with van der Waals surface area (Å²) in [6.45, 7) is 5.03. The zero-order valence-corrected chi connectivity index (χ0v) is 17.3. The van der Waals surface area contributed by atoms with Crippen molar-refractivity contribution in [1.29, 1.82) is 0 Å². The molecule has 0 aliphatic rings. The molecule has 0 unspecified atom stereocenters. The Balaban J connectivity index is 2.08. The van der Waals surface area contributed by atoms with Gasteiger partial charge in [-0.25, -0.2) is 9.48 Å². The van der Waals surface area contributed by atoms with Crippen LogP contribution >= 0.6 is 11.6 Å². The normalized spacial score (nSPS) is 12.7. The fourth-order valence-electron chi connectivity index (χ4n) is 3.05. The van der Waals surface area contributed by atoms with Crippen LogP contribution in [0.2, 0.25) is 5.02 Å². The highest BCUT2D eigenvalue weighted by atomic mass is 35.5. The van der Waals surface area contributed by atoms with Crippen LogP contribution in [0.25, 0.3) is 11.4 Å². The number of hydrogen-bond donors (Lipinski definition) is 1. The van der Waals surface area contributed by atoms with Gasteiger partial charge in [-0.15, -0.1) is 5.10 Å². The van der Waals surface area contributed by atoms with E-state index in [4.69, 9.17) is 16.3 Å². The average molecular weight is 455 g/mol. The van der Waals surface area contributed by atoms with Crippen LogP contribution in [-0.4, -0.2) is 38.3 Å². The van der Waals surface area contributed by atoms with E-state index in [0.29, 0.717) is 34.1 Å². The van der Waals surface area contributed by atoms with E-state index >= 15 is 0 Å². The number of aromatic nitrogens is 3. The minimum atomic E-state index is -4.89. The molecule has 31 heavy (non-hydrogen) atoms. The molecule has 10 heteroatoms. The number of rotatable bonds is 7. The second kappa shape index (κ2) is 9.15. The second-order valence-electron chi connectivity index (χ2n) is 6.78. The number of benzene rings is 2. The Hall–Kier alpha value is -2.78. The van der Waals surface area contributed by atoms with Crippen LogP contribution in [-0.2, 0) is 13.1 Å². The minimum Gasteiger partial charge on any atom is -0.493 e. The molecule has 0 amide bonds. The van der Waals surface area contributed by atoms with Gasteiger partial charge in [0.1, 0.15) is 5.75 Å². The van der Waals surface area contributed by atoms with Gasteiger partial charge < -0.3 is 9.84 Å². The molecule has 1 aromatic heterocycles. The minimum absolute atomic E-state index is 0.0197. The van der Waals surface area contributed by atoms with Crippen LogP contribution in [0.5, 0.6) is 5.75 Å². The largest absolute Gasteiger partial charge is 0.493 e. The number of alkyl halides is 3. The third-order valence-corrected chi connectivity index (χ3v) is 4.80. The molecule has 6 nitrogen and oxygen atoms in total. The Morgan fingerprint density at radius 2 is 1.90 bits per heavy atom. The highest BCUT2D eigenvalue weighted by Gasteiger charge is 2.39. The molecule has 0 bridgehead atoms. The lowest BCUT2D eigenvalue weighted by Crippen LogP contribution is -2.37. The highest BCUT2D eigenvalue weighted by Crippen LogP contribution is 2.26. The van der Waals surface area contributed by atoms with Crippen molar-refractivity contribution in [3.05, 3.63) is 76.0 Å².